The Morgan fingerprint density at radius 3 is 2.76 bits per heavy atom. The Morgan fingerprint density at radius 2 is 2.18 bits per heavy atom. The van der Waals surface area contributed by atoms with Crippen molar-refractivity contribution in [2.75, 3.05) is 34.8 Å². The summed E-state index contributed by atoms with van der Waals surface area (Å²) in [5.74, 6) is 0. The third-order valence-corrected chi connectivity index (χ3v) is 2.52. The van der Waals surface area contributed by atoms with Crippen LogP contribution in [0.3, 0.4) is 0 Å². The van der Waals surface area contributed by atoms with Gasteiger partial charge >= 0.3 is 0 Å². The van der Waals surface area contributed by atoms with Gasteiger partial charge in [0.05, 0.1) is 12.3 Å². The molecule has 6 heteroatoms. The molecule has 0 spiro atoms. The van der Waals surface area contributed by atoms with Crippen LogP contribution in [0.2, 0.25) is 0 Å². The average Bonchev–Trinajstić information content (AvgIpc) is 2.63. The molecule has 0 aliphatic heterocycles. The second kappa shape index (κ2) is 7.37. The van der Waals surface area contributed by atoms with Crippen molar-refractivity contribution in [2.45, 2.75) is 26.1 Å². The van der Waals surface area contributed by atoms with Crippen LogP contribution in [0.1, 0.15) is 17.8 Å². The number of hydrogen-bond donors (Lipinski definition) is 1. The van der Waals surface area contributed by atoms with Gasteiger partial charge in [0, 0.05) is 20.2 Å². The molecule has 0 radical (unpaired) electrons. The van der Waals surface area contributed by atoms with E-state index >= 15 is 0 Å². The minimum atomic E-state index is 0.561. The average molecular weight is 241 g/mol. The van der Waals surface area contributed by atoms with Crippen LogP contribution in [0.25, 0.3) is 0 Å². The first-order valence-corrected chi connectivity index (χ1v) is 5.88. The molecule has 0 saturated carbocycles. The van der Waals surface area contributed by atoms with Crippen molar-refractivity contribution in [2.24, 2.45) is 0 Å². The van der Waals surface area contributed by atoms with E-state index in [0.29, 0.717) is 6.61 Å². The Hall–Kier alpha value is -0.980. The lowest BCUT2D eigenvalue weighted by atomic mass is 10.3. The summed E-state index contributed by atoms with van der Waals surface area (Å²) < 4.78 is 7.15. The summed E-state index contributed by atoms with van der Waals surface area (Å²) >= 11 is 0. The van der Waals surface area contributed by atoms with E-state index in [2.05, 4.69) is 34.6 Å². The molecule has 0 unspecified atom stereocenters. The first kappa shape index (κ1) is 14.1. The van der Waals surface area contributed by atoms with Gasteiger partial charge < -0.3 is 15.0 Å². The second-order valence-electron chi connectivity index (χ2n) is 4.33. The number of nitrogens with one attached hydrogen (secondary N) is 1. The summed E-state index contributed by atoms with van der Waals surface area (Å²) in [4.78, 5) is 2.17. The molecule has 0 aromatic carbocycles. The van der Waals surface area contributed by atoms with E-state index in [0.717, 1.165) is 37.4 Å². The van der Waals surface area contributed by atoms with Crippen LogP contribution in [0.15, 0.2) is 0 Å². The van der Waals surface area contributed by atoms with Crippen LogP contribution >= 0.6 is 0 Å². The van der Waals surface area contributed by atoms with Gasteiger partial charge in [0.2, 0.25) is 0 Å². The minimum absolute atomic E-state index is 0.561. The second-order valence-corrected chi connectivity index (χ2v) is 4.33. The van der Waals surface area contributed by atoms with Crippen LogP contribution in [0.4, 0.5) is 0 Å². The molecular formula is C11H23N5O. The lowest BCUT2D eigenvalue weighted by Crippen LogP contribution is -2.17. The SMILES string of the molecule is CNCc1nnn(CCCN(C)C)c1COC. The molecule has 0 bridgehead atoms. The van der Waals surface area contributed by atoms with E-state index in [9.17, 15) is 0 Å². The fourth-order valence-corrected chi connectivity index (χ4v) is 1.68. The van der Waals surface area contributed by atoms with Gasteiger partial charge in [-0.25, -0.2) is 4.68 Å². The molecule has 0 saturated heterocycles. The highest BCUT2D eigenvalue weighted by Gasteiger charge is 2.11. The maximum atomic E-state index is 5.20. The monoisotopic (exact) mass is 241 g/mol. The van der Waals surface area contributed by atoms with E-state index in [1.54, 1.807) is 7.11 Å². The zero-order chi connectivity index (χ0) is 12.7. The van der Waals surface area contributed by atoms with Gasteiger partial charge in [-0.1, -0.05) is 5.21 Å². The molecule has 1 rings (SSSR count). The fourth-order valence-electron chi connectivity index (χ4n) is 1.68. The lowest BCUT2D eigenvalue weighted by Gasteiger charge is -2.10. The van der Waals surface area contributed by atoms with Gasteiger partial charge in [-0.2, -0.15) is 0 Å². The molecule has 6 nitrogen and oxygen atoms in total. The summed E-state index contributed by atoms with van der Waals surface area (Å²) in [7, 11) is 7.75. The van der Waals surface area contributed by atoms with E-state index in [1.165, 1.54) is 0 Å². The third-order valence-electron chi connectivity index (χ3n) is 2.52. The Labute approximate surface area is 103 Å². The number of aryl methyl sites for hydroxylation is 1. The summed E-state index contributed by atoms with van der Waals surface area (Å²) in [6, 6.07) is 0. The van der Waals surface area contributed by atoms with Gasteiger partial charge in [0.25, 0.3) is 0 Å². The number of methoxy groups -OCH3 is 1. The third kappa shape index (κ3) is 4.41. The highest BCUT2D eigenvalue weighted by Crippen LogP contribution is 2.07. The Bertz CT molecular complexity index is 324. The van der Waals surface area contributed by atoms with Crippen molar-refractivity contribution < 1.29 is 4.74 Å². The van der Waals surface area contributed by atoms with E-state index in [-0.39, 0.29) is 0 Å². The van der Waals surface area contributed by atoms with Crippen molar-refractivity contribution in [3.8, 4) is 0 Å². The van der Waals surface area contributed by atoms with Gasteiger partial charge in [0.15, 0.2) is 0 Å². The standard InChI is InChI=1S/C11H23N5O/c1-12-8-10-11(9-17-4)16(14-13-10)7-5-6-15(2)3/h12H,5-9H2,1-4H3. The maximum Gasteiger partial charge on any atom is 0.102 e. The first-order chi connectivity index (χ1) is 8.19. The number of aromatic nitrogens is 3. The van der Waals surface area contributed by atoms with Crippen LogP contribution in [0.5, 0.6) is 0 Å². The van der Waals surface area contributed by atoms with E-state index in [1.807, 2.05) is 11.7 Å². The van der Waals surface area contributed by atoms with Gasteiger partial charge in [0.1, 0.15) is 5.69 Å². The van der Waals surface area contributed by atoms with Crippen LogP contribution < -0.4 is 5.32 Å². The summed E-state index contributed by atoms with van der Waals surface area (Å²) in [5, 5.41) is 11.4. The normalized spacial score (nSPS) is 11.4. The predicted octanol–water partition coefficient (Wildman–Crippen LogP) is 0.0956. The highest BCUT2D eigenvalue weighted by atomic mass is 16.5. The summed E-state index contributed by atoms with van der Waals surface area (Å²) in [6.45, 7) is 3.22. The molecule has 98 valence electrons. The van der Waals surface area contributed by atoms with Crippen molar-refractivity contribution in [1.82, 2.24) is 25.2 Å². The van der Waals surface area contributed by atoms with Crippen LogP contribution in [0, 0.1) is 0 Å². The molecular weight excluding hydrogens is 218 g/mol. The van der Waals surface area contributed by atoms with Crippen LogP contribution in [-0.4, -0.2) is 54.7 Å². The molecule has 1 aromatic rings. The smallest absolute Gasteiger partial charge is 0.102 e. The molecule has 1 aromatic heterocycles. The quantitative estimate of drug-likeness (QED) is 0.699. The molecule has 17 heavy (non-hydrogen) atoms. The molecule has 1 N–H and O–H groups in total. The Morgan fingerprint density at radius 1 is 1.41 bits per heavy atom. The maximum absolute atomic E-state index is 5.20. The zero-order valence-corrected chi connectivity index (χ0v) is 11.2. The first-order valence-electron chi connectivity index (χ1n) is 5.88. The summed E-state index contributed by atoms with van der Waals surface area (Å²) in [5.41, 5.74) is 2.04. The minimum Gasteiger partial charge on any atom is -0.378 e. The fraction of sp³-hybridized carbons (Fsp3) is 0.818. The van der Waals surface area contributed by atoms with Gasteiger partial charge in [-0.3, -0.25) is 0 Å². The molecule has 0 atom stereocenters. The Balaban J connectivity index is 2.63. The van der Waals surface area contributed by atoms with E-state index in [4.69, 9.17) is 4.74 Å². The lowest BCUT2D eigenvalue weighted by molar-refractivity contribution is 0.175. The number of ether oxygens (including phenoxy) is 1. The van der Waals surface area contributed by atoms with Crippen LogP contribution in [-0.2, 0) is 24.4 Å². The van der Waals surface area contributed by atoms with Crippen molar-refractivity contribution >= 4 is 0 Å². The largest absolute Gasteiger partial charge is 0.378 e. The molecule has 0 aliphatic rings. The van der Waals surface area contributed by atoms with Gasteiger partial charge in [-0.05, 0) is 34.1 Å². The molecule has 0 fully saturated rings. The summed E-state index contributed by atoms with van der Waals surface area (Å²) in [6.07, 6.45) is 1.06. The molecule has 0 aliphatic carbocycles. The van der Waals surface area contributed by atoms with E-state index < -0.39 is 0 Å². The molecule has 0 amide bonds. The predicted molar refractivity (Wildman–Crippen MR) is 66.7 cm³/mol. The highest BCUT2D eigenvalue weighted by molar-refractivity contribution is 5.08. The topological polar surface area (TPSA) is 55.2 Å². The Kier molecular flexibility index (Phi) is 6.10. The van der Waals surface area contributed by atoms with Crippen molar-refractivity contribution in [3.63, 3.8) is 0 Å². The molecule has 1 heterocycles. The number of nitrogens with zero attached hydrogens (tertiary/aromatic N) is 4. The zero-order valence-electron chi connectivity index (χ0n) is 11.2. The number of rotatable bonds is 8. The van der Waals surface area contributed by atoms with Crippen molar-refractivity contribution in [3.05, 3.63) is 11.4 Å². The number of hydrogen-bond acceptors (Lipinski definition) is 5. The van der Waals surface area contributed by atoms with Crippen molar-refractivity contribution in [1.29, 1.82) is 0 Å². The van der Waals surface area contributed by atoms with Gasteiger partial charge in [-0.15, -0.1) is 5.10 Å².